The van der Waals surface area contributed by atoms with Crippen molar-refractivity contribution in [2.24, 2.45) is 0 Å². The summed E-state index contributed by atoms with van der Waals surface area (Å²) in [7, 11) is 4.20. The topological polar surface area (TPSA) is 28.4 Å². The van der Waals surface area contributed by atoms with E-state index in [1.807, 2.05) is 17.8 Å². The smallest absolute Gasteiger partial charge is 0.122 e. The van der Waals surface area contributed by atoms with Crippen LogP contribution in [-0.4, -0.2) is 43.1 Å². The van der Waals surface area contributed by atoms with Crippen LogP contribution < -0.4 is 5.32 Å². The van der Waals surface area contributed by atoms with Crippen molar-refractivity contribution in [1.82, 2.24) is 10.2 Å². The fraction of sp³-hybridized carbons (Fsp3) is 0.714. The lowest BCUT2D eigenvalue weighted by atomic mass is 9.84. The monoisotopic (exact) mass is 268 g/mol. The zero-order valence-corrected chi connectivity index (χ0v) is 12.4. The lowest BCUT2D eigenvalue weighted by Crippen LogP contribution is -2.45. The number of likely N-dealkylation sites (N-methyl/N-ethyl adjacent to an activating group) is 1. The fourth-order valence-electron chi connectivity index (χ4n) is 2.48. The van der Waals surface area contributed by atoms with Crippen molar-refractivity contribution in [3.8, 4) is 0 Å². The molecule has 1 saturated carbocycles. The zero-order valence-electron chi connectivity index (χ0n) is 11.6. The van der Waals surface area contributed by atoms with Crippen LogP contribution in [0, 0.1) is 0 Å². The third-order valence-electron chi connectivity index (χ3n) is 3.98. The molecule has 1 atom stereocenters. The third-order valence-corrected chi connectivity index (χ3v) is 5.40. The van der Waals surface area contributed by atoms with Crippen molar-refractivity contribution in [2.75, 3.05) is 33.4 Å². The Labute approximate surface area is 114 Å². The lowest BCUT2D eigenvalue weighted by molar-refractivity contribution is 0.242. The molecule has 1 aromatic rings. The van der Waals surface area contributed by atoms with E-state index in [9.17, 15) is 0 Å². The zero-order chi connectivity index (χ0) is 13.0. The Morgan fingerprint density at radius 1 is 1.50 bits per heavy atom. The normalized spacial score (nSPS) is 19.8. The van der Waals surface area contributed by atoms with Gasteiger partial charge in [0.05, 0.1) is 12.3 Å². The fourth-order valence-corrected chi connectivity index (χ4v) is 3.42. The highest BCUT2D eigenvalue weighted by Crippen LogP contribution is 2.42. The van der Waals surface area contributed by atoms with E-state index >= 15 is 0 Å². The van der Waals surface area contributed by atoms with Crippen molar-refractivity contribution in [3.05, 3.63) is 24.2 Å². The van der Waals surface area contributed by atoms with E-state index in [1.165, 1.54) is 19.3 Å². The van der Waals surface area contributed by atoms with Gasteiger partial charge in [0, 0.05) is 17.8 Å². The first kappa shape index (κ1) is 14.0. The van der Waals surface area contributed by atoms with Gasteiger partial charge < -0.3 is 9.73 Å². The second kappa shape index (κ2) is 6.13. The third kappa shape index (κ3) is 3.11. The summed E-state index contributed by atoms with van der Waals surface area (Å²) in [6.45, 7) is 2.06. The van der Waals surface area contributed by atoms with Crippen molar-refractivity contribution in [2.45, 2.75) is 30.1 Å². The van der Waals surface area contributed by atoms with E-state index in [0.717, 1.165) is 18.8 Å². The van der Waals surface area contributed by atoms with Crippen LogP contribution in [0.1, 0.15) is 31.1 Å². The van der Waals surface area contributed by atoms with Gasteiger partial charge in [0.2, 0.25) is 0 Å². The maximum Gasteiger partial charge on any atom is 0.122 e. The van der Waals surface area contributed by atoms with Gasteiger partial charge in [-0.25, -0.2) is 0 Å². The molecule has 0 bridgehead atoms. The first-order valence-corrected chi connectivity index (χ1v) is 7.85. The van der Waals surface area contributed by atoms with Crippen LogP contribution in [-0.2, 0) is 0 Å². The van der Waals surface area contributed by atoms with Gasteiger partial charge in [0.25, 0.3) is 0 Å². The standard InChI is InChI=1S/C14H24N2OS/c1-16(2)12(13-6-4-9-17-13)10-15-11-14(18-3)7-5-8-14/h4,6,9,12,15H,5,7-8,10-11H2,1-3H3. The van der Waals surface area contributed by atoms with Crippen LogP contribution in [0.25, 0.3) is 0 Å². The molecule has 2 rings (SSSR count). The first-order valence-electron chi connectivity index (χ1n) is 6.62. The van der Waals surface area contributed by atoms with Gasteiger partial charge in [0.15, 0.2) is 0 Å². The average Bonchev–Trinajstić information content (AvgIpc) is 2.80. The number of rotatable bonds is 7. The molecule has 102 valence electrons. The molecule has 0 spiro atoms. The highest BCUT2D eigenvalue weighted by Gasteiger charge is 2.35. The number of nitrogens with zero attached hydrogens (tertiary/aromatic N) is 1. The first-order chi connectivity index (χ1) is 8.67. The second-order valence-corrected chi connectivity index (χ2v) is 6.64. The number of hydrogen-bond acceptors (Lipinski definition) is 4. The summed E-state index contributed by atoms with van der Waals surface area (Å²) in [5.41, 5.74) is 0. The highest BCUT2D eigenvalue weighted by molar-refractivity contribution is 8.00. The minimum Gasteiger partial charge on any atom is -0.468 e. The second-order valence-electron chi connectivity index (χ2n) is 5.37. The summed E-state index contributed by atoms with van der Waals surface area (Å²) in [6, 6.07) is 4.33. The summed E-state index contributed by atoms with van der Waals surface area (Å²) in [5.74, 6) is 1.04. The van der Waals surface area contributed by atoms with Gasteiger partial charge in [-0.05, 0) is 45.3 Å². The Morgan fingerprint density at radius 3 is 2.72 bits per heavy atom. The van der Waals surface area contributed by atoms with E-state index in [4.69, 9.17) is 4.42 Å². The van der Waals surface area contributed by atoms with Crippen LogP contribution in [0.5, 0.6) is 0 Å². The van der Waals surface area contributed by atoms with Crippen LogP contribution >= 0.6 is 11.8 Å². The molecule has 18 heavy (non-hydrogen) atoms. The van der Waals surface area contributed by atoms with Crippen LogP contribution in [0.15, 0.2) is 22.8 Å². The van der Waals surface area contributed by atoms with Gasteiger partial charge in [-0.1, -0.05) is 6.42 Å². The van der Waals surface area contributed by atoms with E-state index < -0.39 is 0 Å². The van der Waals surface area contributed by atoms with E-state index in [-0.39, 0.29) is 0 Å². The maximum absolute atomic E-state index is 5.52. The Hall–Kier alpha value is -0.450. The molecule has 0 amide bonds. The molecule has 1 heterocycles. The van der Waals surface area contributed by atoms with Gasteiger partial charge in [-0.15, -0.1) is 0 Å². The molecule has 3 nitrogen and oxygen atoms in total. The van der Waals surface area contributed by atoms with Crippen molar-refractivity contribution < 1.29 is 4.42 Å². The summed E-state index contributed by atoms with van der Waals surface area (Å²) < 4.78 is 6.02. The number of hydrogen-bond donors (Lipinski definition) is 1. The van der Waals surface area contributed by atoms with Gasteiger partial charge in [-0.3, -0.25) is 4.90 Å². The van der Waals surface area contributed by atoms with Crippen molar-refractivity contribution in [3.63, 3.8) is 0 Å². The molecule has 1 aliphatic carbocycles. The van der Waals surface area contributed by atoms with Crippen molar-refractivity contribution in [1.29, 1.82) is 0 Å². The quantitative estimate of drug-likeness (QED) is 0.823. The summed E-state index contributed by atoms with van der Waals surface area (Å²) in [4.78, 5) is 2.21. The molecule has 0 saturated heterocycles. The van der Waals surface area contributed by atoms with Gasteiger partial charge >= 0.3 is 0 Å². The van der Waals surface area contributed by atoms with E-state index in [2.05, 4.69) is 36.6 Å². The van der Waals surface area contributed by atoms with Gasteiger partial charge in [0.1, 0.15) is 5.76 Å². The molecular formula is C14H24N2OS. The molecule has 0 aromatic carbocycles. The van der Waals surface area contributed by atoms with Crippen molar-refractivity contribution >= 4 is 11.8 Å². The minimum absolute atomic E-state index is 0.319. The van der Waals surface area contributed by atoms with E-state index in [1.54, 1.807) is 6.26 Å². The molecule has 1 unspecified atom stereocenters. The molecule has 1 N–H and O–H groups in total. The maximum atomic E-state index is 5.52. The molecule has 4 heteroatoms. The summed E-state index contributed by atoms with van der Waals surface area (Å²) >= 11 is 2.02. The molecule has 1 aromatic heterocycles. The Kier molecular flexibility index (Phi) is 4.76. The summed E-state index contributed by atoms with van der Waals surface area (Å²) in [5, 5.41) is 3.63. The largest absolute Gasteiger partial charge is 0.468 e. The van der Waals surface area contributed by atoms with Crippen LogP contribution in [0.3, 0.4) is 0 Å². The number of nitrogens with one attached hydrogen (secondary N) is 1. The lowest BCUT2D eigenvalue weighted by Gasteiger charge is -2.41. The predicted octanol–water partition coefficient (Wildman–Crippen LogP) is 2.76. The molecular weight excluding hydrogens is 244 g/mol. The SMILES string of the molecule is CSC1(CNCC(c2ccco2)N(C)C)CCC1. The Morgan fingerprint density at radius 2 is 2.28 bits per heavy atom. The Bertz CT molecular complexity index is 341. The van der Waals surface area contributed by atoms with Crippen LogP contribution in [0.2, 0.25) is 0 Å². The summed E-state index contributed by atoms with van der Waals surface area (Å²) in [6.07, 6.45) is 8.08. The Balaban J connectivity index is 1.83. The van der Waals surface area contributed by atoms with Crippen LogP contribution in [0.4, 0.5) is 0 Å². The predicted molar refractivity (Wildman–Crippen MR) is 78.1 cm³/mol. The number of furan rings is 1. The highest BCUT2D eigenvalue weighted by atomic mass is 32.2. The average molecular weight is 268 g/mol. The molecule has 0 aliphatic heterocycles. The number of thioether (sulfide) groups is 1. The molecule has 0 radical (unpaired) electrons. The molecule has 1 fully saturated rings. The van der Waals surface area contributed by atoms with E-state index in [0.29, 0.717) is 10.8 Å². The molecule has 1 aliphatic rings. The minimum atomic E-state index is 0.319. The van der Waals surface area contributed by atoms with Gasteiger partial charge in [-0.2, -0.15) is 11.8 Å².